The van der Waals surface area contributed by atoms with Crippen molar-refractivity contribution in [3.8, 4) is 0 Å². The molecule has 21 heavy (non-hydrogen) atoms. The van der Waals surface area contributed by atoms with E-state index in [1.807, 2.05) is 25.1 Å². The minimum Gasteiger partial charge on any atom is -0.481 e. The van der Waals surface area contributed by atoms with Crippen molar-refractivity contribution in [2.24, 2.45) is 11.8 Å². The van der Waals surface area contributed by atoms with Gasteiger partial charge < -0.3 is 14.9 Å². The lowest BCUT2D eigenvalue weighted by Gasteiger charge is -2.24. The number of carbonyl (C=O) groups is 2. The third kappa shape index (κ3) is 3.67. The Morgan fingerprint density at radius 3 is 2.71 bits per heavy atom. The molecule has 114 valence electrons. The summed E-state index contributed by atoms with van der Waals surface area (Å²) < 4.78 is 0. The standard InChI is InChI=1S/C15H19ClN2O3/c1-10-7-18(9-13(10)14(19)20)15(21)17(2)8-11-4-3-5-12(16)6-11/h3-6,10,13H,7-9H2,1-2H3,(H,19,20). The van der Waals surface area contributed by atoms with Gasteiger partial charge >= 0.3 is 12.0 Å². The van der Waals surface area contributed by atoms with E-state index in [4.69, 9.17) is 16.7 Å². The van der Waals surface area contributed by atoms with Crippen LogP contribution in [-0.2, 0) is 11.3 Å². The van der Waals surface area contributed by atoms with Crippen LogP contribution < -0.4 is 0 Å². The molecule has 2 unspecified atom stereocenters. The van der Waals surface area contributed by atoms with Crippen LogP contribution in [0, 0.1) is 11.8 Å². The van der Waals surface area contributed by atoms with Crippen molar-refractivity contribution in [2.75, 3.05) is 20.1 Å². The van der Waals surface area contributed by atoms with E-state index >= 15 is 0 Å². The second-order valence-electron chi connectivity index (χ2n) is 5.60. The van der Waals surface area contributed by atoms with Crippen molar-refractivity contribution in [1.82, 2.24) is 9.80 Å². The number of benzene rings is 1. The normalized spacial score (nSPS) is 21.4. The molecule has 1 N–H and O–H groups in total. The van der Waals surface area contributed by atoms with Crippen LogP contribution in [0.1, 0.15) is 12.5 Å². The monoisotopic (exact) mass is 310 g/mol. The molecule has 0 saturated carbocycles. The number of amides is 2. The molecule has 1 aromatic rings. The highest BCUT2D eigenvalue weighted by molar-refractivity contribution is 6.30. The zero-order valence-electron chi connectivity index (χ0n) is 12.1. The maximum absolute atomic E-state index is 12.4. The van der Waals surface area contributed by atoms with Crippen LogP contribution in [0.4, 0.5) is 4.79 Å². The Morgan fingerprint density at radius 1 is 1.43 bits per heavy atom. The smallest absolute Gasteiger partial charge is 0.320 e. The first-order valence-corrected chi connectivity index (χ1v) is 7.23. The van der Waals surface area contributed by atoms with E-state index in [2.05, 4.69) is 0 Å². The maximum atomic E-state index is 12.4. The quantitative estimate of drug-likeness (QED) is 0.933. The van der Waals surface area contributed by atoms with Gasteiger partial charge in [-0.05, 0) is 23.6 Å². The van der Waals surface area contributed by atoms with Crippen LogP contribution in [-0.4, -0.2) is 47.0 Å². The summed E-state index contributed by atoms with van der Waals surface area (Å²) in [5.41, 5.74) is 0.945. The Balaban J connectivity index is 1.99. The molecule has 1 aromatic carbocycles. The third-order valence-electron chi connectivity index (χ3n) is 3.84. The molecular formula is C15H19ClN2O3. The second kappa shape index (κ2) is 6.35. The van der Waals surface area contributed by atoms with Crippen molar-refractivity contribution >= 4 is 23.6 Å². The summed E-state index contributed by atoms with van der Waals surface area (Å²) in [5, 5.41) is 9.75. The van der Waals surface area contributed by atoms with Gasteiger partial charge in [-0.25, -0.2) is 4.79 Å². The fourth-order valence-corrected chi connectivity index (χ4v) is 2.88. The third-order valence-corrected chi connectivity index (χ3v) is 4.07. The molecule has 0 aromatic heterocycles. The van der Waals surface area contributed by atoms with Gasteiger partial charge in [0.25, 0.3) is 0 Å². The number of aliphatic carboxylic acids is 1. The minimum atomic E-state index is -0.838. The largest absolute Gasteiger partial charge is 0.481 e. The van der Waals surface area contributed by atoms with Crippen molar-refractivity contribution in [3.05, 3.63) is 34.9 Å². The highest BCUT2D eigenvalue weighted by atomic mass is 35.5. The lowest BCUT2D eigenvalue weighted by atomic mass is 9.99. The molecule has 1 fully saturated rings. The first kappa shape index (κ1) is 15.6. The van der Waals surface area contributed by atoms with Gasteiger partial charge in [0.05, 0.1) is 5.92 Å². The molecule has 0 radical (unpaired) electrons. The summed E-state index contributed by atoms with van der Waals surface area (Å²) in [6.45, 7) is 3.07. The number of likely N-dealkylation sites (tertiary alicyclic amines) is 1. The molecule has 1 aliphatic heterocycles. The number of nitrogens with zero attached hydrogens (tertiary/aromatic N) is 2. The molecule has 1 aliphatic rings. The van der Waals surface area contributed by atoms with Gasteiger partial charge in [-0.3, -0.25) is 4.79 Å². The Labute approximate surface area is 129 Å². The van der Waals surface area contributed by atoms with Crippen LogP contribution in [0.15, 0.2) is 24.3 Å². The molecular weight excluding hydrogens is 292 g/mol. The van der Waals surface area contributed by atoms with Crippen LogP contribution >= 0.6 is 11.6 Å². The molecule has 0 aliphatic carbocycles. The number of carboxylic acid groups (broad SMARTS) is 1. The van der Waals surface area contributed by atoms with E-state index in [0.717, 1.165) is 5.56 Å². The van der Waals surface area contributed by atoms with Gasteiger partial charge in [-0.15, -0.1) is 0 Å². The van der Waals surface area contributed by atoms with E-state index in [-0.39, 0.29) is 18.5 Å². The number of halogens is 1. The Morgan fingerprint density at radius 2 is 2.14 bits per heavy atom. The van der Waals surface area contributed by atoms with Gasteiger partial charge in [0.2, 0.25) is 0 Å². The molecule has 2 atom stereocenters. The van der Waals surface area contributed by atoms with Crippen molar-refractivity contribution in [2.45, 2.75) is 13.5 Å². The number of carbonyl (C=O) groups excluding carboxylic acids is 1. The molecule has 2 rings (SSSR count). The van der Waals surface area contributed by atoms with Crippen molar-refractivity contribution in [1.29, 1.82) is 0 Å². The number of carboxylic acids is 1. The van der Waals surface area contributed by atoms with Crippen LogP contribution in [0.25, 0.3) is 0 Å². The van der Waals surface area contributed by atoms with E-state index in [1.54, 1.807) is 22.9 Å². The number of hydrogen-bond donors (Lipinski definition) is 1. The highest BCUT2D eigenvalue weighted by Crippen LogP contribution is 2.24. The molecule has 1 saturated heterocycles. The molecule has 5 nitrogen and oxygen atoms in total. The Kier molecular flexibility index (Phi) is 4.73. The number of urea groups is 1. The SMILES string of the molecule is CC1CN(C(=O)N(C)Cc2cccc(Cl)c2)CC1C(=O)O. The van der Waals surface area contributed by atoms with Gasteiger partial charge in [-0.1, -0.05) is 30.7 Å². The molecule has 0 bridgehead atoms. The zero-order chi connectivity index (χ0) is 15.6. The fourth-order valence-electron chi connectivity index (χ4n) is 2.66. The van der Waals surface area contributed by atoms with Crippen molar-refractivity contribution < 1.29 is 14.7 Å². The van der Waals surface area contributed by atoms with Gasteiger partial charge in [-0.2, -0.15) is 0 Å². The lowest BCUT2D eigenvalue weighted by molar-refractivity contribution is -0.142. The van der Waals surface area contributed by atoms with Crippen molar-refractivity contribution in [3.63, 3.8) is 0 Å². The molecule has 6 heteroatoms. The summed E-state index contributed by atoms with van der Waals surface area (Å²) in [5.74, 6) is -1.34. The Bertz CT molecular complexity index is 549. The average Bonchev–Trinajstić information content (AvgIpc) is 2.80. The first-order chi connectivity index (χ1) is 9.88. The summed E-state index contributed by atoms with van der Waals surface area (Å²) >= 11 is 5.93. The van der Waals surface area contributed by atoms with Gasteiger partial charge in [0.1, 0.15) is 0 Å². The van der Waals surface area contributed by atoms with E-state index in [1.165, 1.54) is 0 Å². The van der Waals surface area contributed by atoms with E-state index in [0.29, 0.717) is 18.1 Å². The average molecular weight is 311 g/mol. The number of hydrogen-bond acceptors (Lipinski definition) is 2. The van der Waals surface area contributed by atoms with E-state index in [9.17, 15) is 9.59 Å². The van der Waals surface area contributed by atoms with Gasteiger partial charge in [0.15, 0.2) is 0 Å². The minimum absolute atomic E-state index is 0.0222. The molecule has 1 heterocycles. The fraction of sp³-hybridized carbons (Fsp3) is 0.467. The van der Waals surface area contributed by atoms with Gasteiger partial charge in [0, 0.05) is 31.7 Å². The second-order valence-corrected chi connectivity index (χ2v) is 6.03. The van der Waals surface area contributed by atoms with E-state index < -0.39 is 11.9 Å². The lowest BCUT2D eigenvalue weighted by Crippen LogP contribution is -2.40. The number of rotatable bonds is 3. The van der Waals surface area contributed by atoms with Crippen LogP contribution in [0.2, 0.25) is 5.02 Å². The van der Waals surface area contributed by atoms with Crippen LogP contribution in [0.5, 0.6) is 0 Å². The topological polar surface area (TPSA) is 60.9 Å². The predicted octanol–water partition coefficient (Wildman–Crippen LogP) is 2.54. The zero-order valence-corrected chi connectivity index (χ0v) is 12.9. The summed E-state index contributed by atoms with van der Waals surface area (Å²) in [4.78, 5) is 26.7. The Hall–Kier alpha value is -1.75. The summed E-state index contributed by atoms with van der Waals surface area (Å²) in [6.07, 6.45) is 0. The maximum Gasteiger partial charge on any atom is 0.320 e. The first-order valence-electron chi connectivity index (χ1n) is 6.85. The summed E-state index contributed by atoms with van der Waals surface area (Å²) in [6, 6.07) is 7.20. The predicted molar refractivity (Wildman–Crippen MR) is 80.2 cm³/mol. The summed E-state index contributed by atoms with van der Waals surface area (Å²) in [7, 11) is 1.71. The molecule has 0 spiro atoms. The molecule has 2 amide bonds. The van der Waals surface area contributed by atoms with Crippen LogP contribution in [0.3, 0.4) is 0 Å². The highest BCUT2D eigenvalue weighted by Gasteiger charge is 2.37.